The van der Waals surface area contributed by atoms with Crippen LogP contribution in [-0.2, 0) is 19.1 Å². The predicted octanol–water partition coefficient (Wildman–Crippen LogP) is 1.04. The molecule has 19 heavy (non-hydrogen) atoms. The van der Waals surface area contributed by atoms with Gasteiger partial charge in [-0.15, -0.1) is 6.58 Å². The van der Waals surface area contributed by atoms with E-state index in [4.69, 9.17) is 10.5 Å². The molecule has 5 heteroatoms. The highest BCUT2D eigenvalue weighted by Gasteiger charge is 2.43. The Balaban J connectivity index is 2.79. The second kappa shape index (κ2) is 7.09. The standard InChI is InChI=1S/C14H21NO4/c1-4-9-8-10(6-7-11(16)18-3)13(15)12(9)14(17)19-5-2/h4,6-7,9-10,12-13H,1,5,8,15H2,2-3H3/b7-6+/t9-,10+,12+,13-/m1/s1. The first kappa shape index (κ1) is 15.4. The van der Waals surface area contributed by atoms with Gasteiger partial charge < -0.3 is 15.2 Å². The molecule has 4 atom stereocenters. The number of nitrogens with two attached hydrogens (primary N) is 1. The van der Waals surface area contributed by atoms with Gasteiger partial charge in [-0.2, -0.15) is 0 Å². The lowest BCUT2D eigenvalue weighted by molar-refractivity contribution is -0.149. The van der Waals surface area contributed by atoms with Crippen LogP contribution in [0.3, 0.4) is 0 Å². The Hall–Kier alpha value is -1.62. The molecule has 0 bridgehead atoms. The van der Waals surface area contributed by atoms with E-state index in [0.717, 1.165) is 0 Å². The highest BCUT2D eigenvalue weighted by atomic mass is 16.5. The molecule has 106 valence electrons. The fraction of sp³-hybridized carbons (Fsp3) is 0.571. The van der Waals surface area contributed by atoms with Crippen molar-refractivity contribution in [3.05, 3.63) is 24.8 Å². The van der Waals surface area contributed by atoms with Gasteiger partial charge in [0.25, 0.3) is 0 Å². The molecule has 0 heterocycles. The second-order valence-electron chi connectivity index (χ2n) is 4.54. The largest absolute Gasteiger partial charge is 0.466 e. The summed E-state index contributed by atoms with van der Waals surface area (Å²) in [5, 5.41) is 0. The highest BCUT2D eigenvalue weighted by Crippen LogP contribution is 2.37. The van der Waals surface area contributed by atoms with Crippen LogP contribution < -0.4 is 5.73 Å². The molecule has 0 unspecified atom stereocenters. The molecule has 0 saturated heterocycles. The Morgan fingerprint density at radius 1 is 1.42 bits per heavy atom. The number of hydrogen-bond acceptors (Lipinski definition) is 5. The molecule has 2 N–H and O–H groups in total. The number of rotatable bonds is 5. The number of allylic oxidation sites excluding steroid dienone is 1. The Bertz CT molecular complexity index is 378. The average molecular weight is 267 g/mol. The van der Waals surface area contributed by atoms with Crippen LogP contribution in [0.15, 0.2) is 24.8 Å². The number of carbonyl (C=O) groups is 2. The lowest BCUT2D eigenvalue weighted by Gasteiger charge is -2.19. The minimum absolute atomic E-state index is 0.0265. The highest BCUT2D eigenvalue weighted by molar-refractivity contribution is 5.82. The third kappa shape index (κ3) is 3.67. The zero-order chi connectivity index (χ0) is 14.4. The number of ether oxygens (including phenoxy) is 2. The van der Waals surface area contributed by atoms with Gasteiger partial charge in [0.1, 0.15) is 0 Å². The molecular weight excluding hydrogens is 246 g/mol. The van der Waals surface area contributed by atoms with Gasteiger partial charge in [-0.3, -0.25) is 4.79 Å². The van der Waals surface area contributed by atoms with Crippen molar-refractivity contribution in [2.45, 2.75) is 19.4 Å². The summed E-state index contributed by atoms with van der Waals surface area (Å²) in [4.78, 5) is 23.0. The predicted molar refractivity (Wildman–Crippen MR) is 71.0 cm³/mol. The van der Waals surface area contributed by atoms with Crippen molar-refractivity contribution in [1.82, 2.24) is 0 Å². The Morgan fingerprint density at radius 2 is 2.11 bits per heavy atom. The molecule has 0 aliphatic heterocycles. The van der Waals surface area contributed by atoms with E-state index in [9.17, 15) is 9.59 Å². The third-order valence-corrected chi connectivity index (χ3v) is 3.46. The molecule has 1 aliphatic carbocycles. The summed E-state index contributed by atoms with van der Waals surface area (Å²) in [5.74, 6) is -1.21. The van der Waals surface area contributed by atoms with Crippen LogP contribution in [0.25, 0.3) is 0 Å². The first-order valence-electron chi connectivity index (χ1n) is 6.36. The van der Waals surface area contributed by atoms with Crippen LogP contribution >= 0.6 is 0 Å². The third-order valence-electron chi connectivity index (χ3n) is 3.46. The van der Waals surface area contributed by atoms with Gasteiger partial charge in [0, 0.05) is 12.1 Å². The molecule has 1 rings (SSSR count). The molecule has 1 fully saturated rings. The van der Waals surface area contributed by atoms with Gasteiger partial charge >= 0.3 is 11.9 Å². The van der Waals surface area contributed by atoms with E-state index in [1.165, 1.54) is 13.2 Å². The zero-order valence-corrected chi connectivity index (χ0v) is 11.4. The lowest BCUT2D eigenvalue weighted by Crippen LogP contribution is -2.37. The fourth-order valence-electron chi connectivity index (χ4n) is 2.46. The smallest absolute Gasteiger partial charge is 0.330 e. The van der Waals surface area contributed by atoms with E-state index in [-0.39, 0.29) is 23.8 Å². The average Bonchev–Trinajstić information content (AvgIpc) is 2.72. The van der Waals surface area contributed by atoms with Crippen LogP contribution in [0, 0.1) is 17.8 Å². The molecule has 0 aromatic rings. The second-order valence-corrected chi connectivity index (χ2v) is 4.54. The number of carbonyl (C=O) groups excluding carboxylic acids is 2. The van der Waals surface area contributed by atoms with Gasteiger partial charge in [0.15, 0.2) is 0 Å². The lowest BCUT2D eigenvalue weighted by atomic mass is 9.93. The maximum absolute atomic E-state index is 11.9. The van der Waals surface area contributed by atoms with Crippen molar-refractivity contribution >= 4 is 11.9 Å². The maximum Gasteiger partial charge on any atom is 0.330 e. The van der Waals surface area contributed by atoms with Crippen molar-refractivity contribution in [2.75, 3.05) is 13.7 Å². The number of esters is 2. The normalized spacial score (nSPS) is 30.3. The summed E-state index contributed by atoms with van der Waals surface area (Å²) in [6, 6.07) is -0.372. The summed E-state index contributed by atoms with van der Waals surface area (Å²) < 4.78 is 9.57. The monoisotopic (exact) mass is 267 g/mol. The SMILES string of the molecule is C=C[C@@H]1C[C@H](/C=C/C(=O)OC)[C@@H](N)[C@H]1C(=O)OCC. The van der Waals surface area contributed by atoms with Gasteiger partial charge in [-0.05, 0) is 25.2 Å². The van der Waals surface area contributed by atoms with Gasteiger partial charge in [0.05, 0.1) is 19.6 Å². The number of hydrogen-bond donors (Lipinski definition) is 1. The first-order chi connectivity index (χ1) is 9.04. The molecule has 0 amide bonds. The Labute approximate surface area is 113 Å². The molecule has 5 nitrogen and oxygen atoms in total. The molecule has 0 radical (unpaired) electrons. The zero-order valence-electron chi connectivity index (χ0n) is 11.4. The molecular formula is C14H21NO4. The topological polar surface area (TPSA) is 78.6 Å². The first-order valence-corrected chi connectivity index (χ1v) is 6.36. The number of methoxy groups -OCH3 is 1. The van der Waals surface area contributed by atoms with E-state index < -0.39 is 11.9 Å². The quantitative estimate of drug-likeness (QED) is 0.457. The summed E-state index contributed by atoms with van der Waals surface area (Å²) in [5.41, 5.74) is 6.10. The Morgan fingerprint density at radius 3 is 2.63 bits per heavy atom. The van der Waals surface area contributed by atoms with Gasteiger partial charge in [0.2, 0.25) is 0 Å². The summed E-state index contributed by atoms with van der Waals surface area (Å²) in [6.07, 6.45) is 5.46. The molecule has 1 aliphatic rings. The van der Waals surface area contributed by atoms with E-state index in [0.29, 0.717) is 13.0 Å². The van der Waals surface area contributed by atoms with Crippen LogP contribution in [0.5, 0.6) is 0 Å². The van der Waals surface area contributed by atoms with Gasteiger partial charge in [-0.1, -0.05) is 12.2 Å². The van der Waals surface area contributed by atoms with E-state index in [1.807, 2.05) is 0 Å². The van der Waals surface area contributed by atoms with Crippen LogP contribution in [0.1, 0.15) is 13.3 Å². The van der Waals surface area contributed by atoms with Crippen molar-refractivity contribution in [3.8, 4) is 0 Å². The van der Waals surface area contributed by atoms with E-state index >= 15 is 0 Å². The van der Waals surface area contributed by atoms with Crippen LogP contribution in [-0.4, -0.2) is 31.7 Å². The molecule has 0 spiro atoms. The van der Waals surface area contributed by atoms with Crippen molar-refractivity contribution < 1.29 is 19.1 Å². The summed E-state index contributed by atoms with van der Waals surface area (Å²) in [7, 11) is 1.31. The van der Waals surface area contributed by atoms with Crippen molar-refractivity contribution in [1.29, 1.82) is 0 Å². The van der Waals surface area contributed by atoms with Gasteiger partial charge in [-0.25, -0.2) is 4.79 Å². The molecule has 0 aromatic heterocycles. The Kier molecular flexibility index (Phi) is 5.76. The minimum Gasteiger partial charge on any atom is -0.466 e. The minimum atomic E-state index is -0.429. The summed E-state index contributed by atoms with van der Waals surface area (Å²) in [6.45, 7) is 5.82. The van der Waals surface area contributed by atoms with Crippen molar-refractivity contribution in [3.63, 3.8) is 0 Å². The van der Waals surface area contributed by atoms with Crippen molar-refractivity contribution in [2.24, 2.45) is 23.5 Å². The van der Waals surface area contributed by atoms with Crippen LogP contribution in [0.4, 0.5) is 0 Å². The molecule has 0 aromatic carbocycles. The van der Waals surface area contributed by atoms with E-state index in [1.54, 1.807) is 19.1 Å². The van der Waals surface area contributed by atoms with Crippen LogP contribution in [0.2, 0.25) is 0 Å². The maximum atomic E-state index is 11.9. The summed E-state index contributed by atoms with van der Waals surface area (Å²) >= 11 is 0. The molecule has 1 saturated carbocycles. The fourth-order valence-corrected chi connectivity index (χ4v) is 2.46. The van der Waals surface area contributed by atoms with E-state index in [2.05, 4.69) is 11.3 Å².